The SMILES string of the molecule is Cc1ccc2[nH]c(=O)c3cc(C(=O)N(Cc4ccco4)C4CCCCC4)sc3c2c1. The van der Waals surface area contributed by atoms with Crippen molar-refractivity contribution < 1.29 is 9.21 Å². The summed E-state index contributed by atoms with van der Waals surface area (Å²) in [4.78, 5) is 31.8. The molecule has 0 atom stereocenters. The highest BCUT2D eigenvalue weighted by molar-refractivity contribution is 7.21. The first-order valence-electron chi connectivity index (χ1n) is 10.5. The van der Waals surface area contributed by atoms with Gasteiger partial charge in [-0.05, 0) is 50.1 Å². The number of furan rings is 1. The second kappa shape index (κ2) is 7.76. The first kappa shape index (κ1) is 19.1. The fourth-order valence-corrected chi connectivity index (χ4v) is 5.62. The summed E-state index contributed by atoms with van der Waals surface area (Å²) in [5, 5.41) is 1.58. The number of amides is 1. The maximum Gasteiger partial charge on any atom is 0.264 e. The Morgan fingerprint density at radius 1 is 1.17 bits per heavy atom. The second-order valence-corrected chi connectivity index (χ2v) is 9.21. The molecule has 1 aliphatic rings. The first-order valence-corrected chi connectivity index (χ1v) is 11.3. The molecule has 30 heavy (non-hydrogen) atoms. The van der Waals surface area contributed by atoms with Gasteiger partial charge in [-0.15, -0.1) is 11.3 Å². The predicted molar refractivity (Wildman–Crippen MR) is 120 cm³/mol. The lowest BCUT2D eigenvalue weighted by atomic mass is 9.94. The average Bonchev–Trinajstić information content (AvgIpc) is 3.43. The summed E-state index contributed by atoms with van der Waals surface area (Å²) in [7, 11) is 0. The van der Waals surface area contributed by atoms with E-state index < -0.39 is 0 Å². The Bertz CT molecular complexity index is 1260. The number of aryl methyl sites for hydroxylation is 1. The van der Waals surface area contributed by atoms with E-state index in [4.69, 9.17) is 4.42 Å². The lowest BCUT2D eigenvalue weighted by Crippen LogP contribution is -2.40. The second-order valence-electron chi connectivity index (χ2n) is 8.16. The molecular weight excluding hydrogens is 396 g/mol. The third kappa shape index (κ3) is 3.45. The van der Waals surface area contributed by atoms with Crippen LogP contribution in [-0.4, -0.2) is 21.8 Å². The molecule has 0 aliphatic heterocycles. The Kier molecular flexibility index (Phi) is 4.95. The minimum absolute atomic E-state index is 0.0142. The molecule has 1 aromatic carbocycles. The molecule has 3 heterocycles. The third-order valence-electron chi connectivity index (χ3n) is 6.04. The van der Waals surface area contributed by atoms with E-state index in [-0.39, 0.29) is 17.5 Å². The largest absolute Gasteiger partial charge is 0.467 e. The molecule has 5 rings (SSSR count). The number of carbonyl (C=O) groups excluding carboxylic acids is 1. The van der Waals surface area contributed by atoms with Gasteiger partial charge in [-0.25, -0.2) is 0 Å². The van der Waals surface area contributed by atoms with Gasteiger partial charge in [0.05, 0.1) is 23.1 Å². The number of aromatic nitrogens is 1. The molecule has 1 N–H and O–H groups in total. The van der Waals surface area contributed by atoms with Crippen LogP contribution in [0.5, 0.6) is 0 Å². The number of carbonyl (C=O) groups is 1. The third-order valence-corrected chi connectivity index (χ3v) is 7.19. The van der Waals surface area contributed by atoms with Crippen LogP contribution in [-0.2, 0) is 6.54 Å². The Hall–Kier alpha value is -2.86. The van der Waals surface area contributed by atoms with Crippen LogP contribution in [0.2, 0.25) is 0 Å². The number of benzene rings is 1. The fourth-order valence-electron chi connectivity index (χ4n) is 4.48. The number of rotatable bonds is 4. The van der Waals surface area contributed by atoms with Gasteiger partial charge in [-0.3, -0.25) is 9.59 Å². The monoisotopic (exact) mass is 420 g/mol. The number of H-pyrrole nitrogens is 1. The maximum atomic E-state index is 13.6. The molecule has 4 aromatic rings. The van der Waals surface area contributed by atoms with Crippen molar-refractivity contribution in [3.63, 3.8) is 0 Å². The van der Waals surface area contributed by atoms with E-state index in [0.29, 0.717) is 16.8 Å². The topological polar surface area (TPSA) is 66.3 Å². The number of pyridine rings is 1. The summed E-state index contributed by atoms with van der Waals surface area (Å²) in [5.41, 5.74) is 1.78. The lowest BCUT2D eigenvalue weighted by molar-refractivity contribution is 0.0601. The van der Waals surface area contributed by atoms with Crippen molar-refractivity contribution in [2.75, 3.05) is 0 Å². The summed E-state index contributed by atoms with van der Waals surface area (Å²) >= 11 is 1.42. The minimum atomic E-state index is -0.146. The fraction of sp³-hybridized carbons (Fsp3) is 0.333. The summed E-state index contributed by atoms with van der Waals surface area (Å²) < 4.78 is 6.42. The quantitative estimate of drug-likeness (QED) is 0.466. The molecule has 154 valence electrons. The maximum absolute atomic E-state index is 13.6. The van der Waals surface area contributed by atoms with Crippen molar-refractivity contribution in [1.29, 1.82) is 0 Å². The number of aromatic amines is 1. The lowest BCUT2D eigenvalue weighted by Gasteiger charge is -2.33. The van der Waals surface area contributed by atoms with E-state index in [1.54, 1.807) is 12.3 Å². The van der Waals surface area contributed by atoms with Crippen molar-refractivity contribution in [1.82, 2.24) is 9.88 Å². The van der Waals surface area contributed by atoms with E-state index in [1.807, 2.05) is 36.1 Å². The van der Waals surface area contributed by atoms with Gasteiger partial charge in [0.2, 0.25) is 0 Å². The standard InChI is InChI=1S/C24H24N2O3S/c1-15-9-10-20-18(12-15)22-19(23(27)25-20)13-21(30-22)24(28)26(14-17-8-5-11-29-17)16-6-3-2-4-7-16/h5,8-13,16H,2-4,6-7,14H2,1H3,(H,25,27). The molecule has 5 nitrogen and oxygen atoms in total. The Balaban J connectivity index is 1.58. The molecule has 0 unspecified atom stereocenters. The van der Waals surface area contributed by atoms with Gasteiger partial charge in [0.15, 0.2) is 0 Å². The van der Waals surface area contributed by atoms with Crippen molar-refractivity contribution in [2.24, 2.45) is 0 Å². The van der Waals surface area contributed by atoms with Crippen LogP contribution in [0.1, 0.15) is 53.1 Å². The Morgan fingerprint density at radius 3 is 2.77 bits per heavy atom. The van der Waals surface area contributed by atoms with Crippen LogP contribution in [0.25, 0.3) is 21.0 Å². The molecular formula is C24H24N2O3S. The van der Waals surface area contributed by atoms with Crippen molar-refractivity contribution in [2.45, 2.75) is 51.6 Å². The molecule has 1 fully saturated rings. The Labute approximate surface area is 178 Å². The van der Waals surface area contributed by atoms with E-state index in [9.17, 15) is 9.59 Å². The zero-order valence-corrected chi connectivity index (χ0v) is 17.8. The molecule has 0 bridgehead atoms. The smallest absolute Gasteiger partial charge is 0.264 e. The van der Waals surface area contributed by atoms with E-state index in [0.717, 1.165) is 52.6 Å². The van der Waals surface area contributed by atoms with Crippen molar-refractivity contribution in [3.05, 3.63) is 69.2 Å². The van der Waals surface area contributed by atoms with Crippen LogP contribution in [0.3, 0.4) is 0 Å². The van der Waals surface area contributed by atoms with E-state index in [2.05, 4.69) is 11.1 Å². The highest BCUT2D eigenvalue weighted by Crippen LogP contribution is 2.33. The summed E-state index contributed by atoms with van der Waals surface area (Å²) in [6.07, 6.45) is 7.18. The van der Waals surface area contributed by atoms with Gasteiger partial charge in [0, 0.05) is 21.6 Å². The molecule has 6 heteroatoms. The Morgan fingerprint density at radius 2 is 2.00 bits per heavy atom. The summed E-state index contributed by atoms with van der Waals surface area (Å²) in [6.45, 7) is 2.49. The molecule has 0 spiro atoms. The zero-order chi connectivity index (χ0) is 20.7. The number of nitrogens with zero attached hydrogens (tertiary/aromatic N) is 1. The molecule has 1 saturated carbocycles. The predicted octanol–water partition coefficient (Wildman–Crippen LogP) is 5.62. The average molecular weight is 421 g/mol. The van der Waals surface area contributed by atoms with Crippen LogP contribution >= 0.6 is 11.3 Å². The number of fused-ring (bicyclic) bond motifs is 3. The number of hydrogen-bond donors (Lipinski definition) is 1. The van der Waals surface area contributed by atoms with Gasteiger partial charge >= 0.3 is 0 Å². The van der Waals surface area contributed by atoms with Crippen LogP contribution in [0.15, 0.2) is 51.9 Å². The van der Waals surface area contributed by atoms with Gasteiger partial charge < -0.3 is 14.3 Å². The summed E-state index contributed by atoms with van der Waals surface area (Å²) in [6, 6.07) is 11.7. The van der Waals surface area contributed by atoms with Crippen LogP contribution < -0.4 is 5.56 Å². The van der Waals surface area contributed by atoms with Gasteiger partial charge in [-0.1, -0.05) is 30.9 Å². The van der Waals surface area contributed by atoms with Gasteiger partial charge in [0.1, 0.15) is 5.76 Å². The molecule has 1 aliphatic carbocycles. The highest BCUT2D eigenvalue weighted by Gasteiger charge is 2.28. The molecule has 3 aromatic heterocycles. The minimum Gasteiger partial charge on any atom is -0.467 e. The normalized spacial score (nSPS) is 15.1. The van der Waals surface area contributed by atoms with Crippen LogP contribution in [0, 0.1) is 6.92 Å². The van der Waals surface area contributed by atoms with Crippen molar-refractivity contribution >= 4 is 38.2 Å². The van der Waals surface area contributed by atoms with Gasteiger partial charge in [0.25, 0.3) is 11.5 Å². The van der Waals surface area contributed by atoms with Crippen molar-refractivity contribution in [3.8, 4) is 0 Å². The van der Waals surface area contributed by atoms with Crippen LogP contribution in [0.4, 0.5) is 0 Å². The number of hydrogen-bond acceptors (Lipinski definition) is 4. The van der Waals surface area contributed by atoms with E-state index >= 15 is 0 Å². The van der Waals surface area contributed by atoms with Gasteiger partial charge in [-0.2, -0.15) is 0 Å². The first-order chi connectivity index (χ1) is 14.6. The zero-order valence-electron chi connectivity index (χ0n) is 16.9. The number of thiophene rings is 1. The highest BCUT2D eigenvalue weighted by atomic mass is 32.1. The molecule has 0 saturated heterocycles. The molecule has 1 amide bonds. The number of nitrogens with one attached hydrogen (secondary N) is 1. The summed E-state index contributed by atoms with van der Waals surface area (Å²) in [5.74, 6) is 0.772. The van der Waals surface area contributed by atoms with E-state index in [1.165, 1.54) is 17.8 Å². The molecule has 0 radical (unpaired) electrons.